The number of carbonyl (C=O) groups is 1. The van der Waals surface area contributed by atoms with E-state index in [4.69, 9.17) is 4.74 Å². The van der Waals surface area contributed by atoms with Crippen LogP contribution in [0.1, 0.15) is 61.3 Å². The SMILES string of the molecule is CO[C@@H](C(=O)N1CCC(c2nnc3n2CCCCC3)CC1)c1ccccc1. The van der Waals surface area contributed by atoms with E-state index in [0.29, 0.717) is 5.92 Å². The van der Waals surface area contributed by atoms with Crippen LogP contribution in [0.3, 0.4) is 0 Å². The maximum atomic E-state index is 13.0. The van der Waals surface area contributed by atoms with E-state index in [-0.39, 0.29) is 5.91 Å². The van der Waals surface area contributed by atoms with E-state index in [2.05, 4.69) is 14.8 Å². The molecule has 0 N–H and O–H groups in total. The maximum Gasteiger partial charge on any atom is 0.256 e. The van der Waals surface area contributed by atoms with Gasteiger partial charge in [0.1, 0.15) is 11.6 Å². The molecule has 1 amide bonds. The molecule has 0 bridgehead atoms. The van der Waals surface area contributed by atoms with Gasteiger partial charge >= 0.3 is 0 Å². The molecule has 1 atom stereocenters. The van der Waals surface area contributed by atoms with Crippen LogP contribution in [-0.4, -0.2) is 45.8 Å². The number of fused-ring (bicyclic) bond motifs is 1. The number of aromatic nitrogens is 3. The lowest BCUT2D eigenvalue weighted by atomic mass is 9.95. The van der Waals surface area contributed by atoms with Gasteiger partial charge in [-0.2, -0.15) is 0 Å². The van der Waals surface area contributed by atoms with Crippen molar-refractivity contribution in [1.29, 1.82) is 0 Å². The molecule has 1 aromatic heterocycles. The molecule has 1 saturated heterocycles. The number of likely N-dealkylation sites (tertiary alicyclic amines) is 1. The average Bonchev–Trinajstić information content (AvgIpc) is 2.97. The van der Waals surface area contributed by atoms with Gasteiger partial charge in [-0.3, -0.25) is 4.79 Å². The van der Waals surface area contributed by atoms with Crippen molar-refractivity contribution in [3.63, 3.8) is 0 Å². The van der Waals surface area contributed by atoms with Gasteiger partial charge in [-0.15, -0.1) is 10.2 Å². The van der Waals surface area contributed by atoms with Crippen LogP contribution in [0.25, 0.3) is 0 Å². The molecule has 3 heterocycles. The Morgan fingerprint density at radius 2 is 1.85 bits per heavy atom. The summed E-state index contributed by atoms with van der Waals surface area (Å²) in [5.74, 6) is 2.73. The lowest BCUT2D eigenvalue weighted by Crippen LogP contribution is -2.41. The van der Waals surface area contributed by atoms with Gasteiger partial charge in [0.2, 0.25) is 0 Å². The summed E-state index contributed by atoms with van der Waals surface area (Å²) in [5.41, 5.74) is 0.912. The molecule has 2 aliphatic rings. The van der Waals surface area contributed by atoms with E-state index in [1.807, 2.05) is 35.2 Å². The number of benzene rings is 1. The number of ether oxygens (including phenoxy) is 1. The highest BCUT2D eigenvalue weighted by atomic mass is 16.5. The van der Waals surface area contributed by atoms with Crippen LogP contribution in [0.2, 0.25) is 0 Å². The molecule has 144 valence electrons. The summed E-state index contributed by atoms with van der Waals surface area (Å²) in [6, 6.07) is 9.73. The van der Waals surface area contributed by atoms with Crippen molar-refractivity contribution in [2.24, 2.45) is 0 Å². The van der Waals surface area contributed by atoms with E-state index in [0.717, 1.165) is 56.1 Å². The molecule has 4 rings (SSSR count). The Labute approximate surface area is 160 Å². The van der Waals surface area contributed by atoms with Gasteiger partial charge in [-0.25, -0.2) is 0 Å². The minimum Gasteiger partial charge on any atom is -0.367 e. The molecule has 1 aromatic carbocycles. The third-order valence-electron chi connectivity index (χ3n) is 5.87. The zero-order chi connectivity index (χ0) is 18.6. The monoisotopic (exact) mass is 368 g/mol. The summed E-state index contributed by atoms with van der Waals surface area (Å²) in [6.45, 7) is 2.54. The molecule has 0 aliphatic carbocycles. The van der Waals surface area contributed by atoms with Crippen molar-refractivity contribution in [3.8, 4) is 0 Å². The normalized spacial score (nSPS) is 19.4. The first-order valence-corrected chi connectivity index (χ1v) is 10.1. The predicted octanol–water partition coefficient (Wildman–Crippen LogP) is 3.10. The second-order valence-corrected chi connectivity index (χ2v) is 7.56. The number of piperidine rings is 1. The van der Waals surface area contributed by atoms with E-state index < -0.39 is 6.10 Å². The fraction of sp³-hybridized carbons (Fsp3) is 0.571. The summed E-state index contributed by atoms with van der Waals surface area (Å²) in [6.07, 6.45) is 6.09. The average molecular weight is 368 g/mol. The van der Waals surface area contributed by atoms with E-state index >= 15 is 0 Å². The van der Waals surface area contributed by atoms with Crippen LogP contribution in [0.4, 0.5) is 0 Å². The van der Waals surface area contributed by atoms with Crippen molar-refractivity contribution >= 4 is 5.91 Å². The predicted molar refractivity (Wildman–Crippen MR) is 102 cm³/mol. The highest BCUT2D eigenvalue weighted by Crippen LogP contribution is 2.30. The van der Waals surface area contributed by atoms with Gasteiger partial charge in [-0.05, 0) is 31.2 Å². The largest absolute Gasteiger partial charge is 0.367 e. The lowest BCUT2D eigenvalue weighted by Gasteiger charge is -2.33. The molecular weight excluding hydrogens is 340 g/mol. The van der Waals surface area contributed by atoms with Crippen molar-refractivity contribution < 1.29 is 9.53 Å². The number of nitrogens with zero attached hydrogens (tertiary/aromatic N) is 4. The molecule has 2 aromatic rings. The Hall–Kier alpha value is -2.21. The minimum absolute atomic E-state index is 0.0576. The Bertz CT molecular complexity index is 766. The molecular formula is C21H28N4O2. The fourth-order valence-corrected chi connectivity index (χ4v) is 4.34. The highest BCUT2D eigenvalue weighted by Gasteiger charge is 2.32. The highest BCUT2D eigenvalue weighted by molar-refractivity contribution is 5.82. The molecule has 0 radical (unpaired) electrons. The summed E-state index contributed by atoms with van der Waals surface area (Å²) in [7, 11) is 1.60. The molecule has 0 unspecified atom stereocenters. The van der Waals surface area contributed by atoms with Gasteiger partial charge in [0.05, 0.1) is 0 Å². The third kappa shape index (κ3) is 3.76. The smallest absolute Gasteiger partial charge is 0.256 e. The van der Waals surface area contributed by atoms with Crippen molar-refractivity contribution in [3.05, 3.63) is 47.5 Å². The molecule has 6 heteroatoms. The van der Waals surface area contributed by atoms with Crippen LogP contribution >= 0.6 is 0 Å². The zero-order valence-corrected chi connectivity index (χ0v) is 16.0. The van der Waals surface area contributed by atoms with Crippen molar-refractivity contribution in [2.75, 3.05) is 20.2 Å². The second kappa shape index (κ2) is 8.21. The van der Waals surface area contributed by atoms with Gasteiger partial charge in [0, 0.05) is 39.1 Å². The minimum atomic E-state index is -0.521. The second-order valence-electron chi connectivity index (χ2n) is 7.56. The Balaban J connectivity index is 1.42. The Morgan fingerprint density at radius 3 is 2.59 bits per heavy atom. The fourth-order valence-electron chi connectivity index (χ4n) is 4.34. The molecule has 2 aliphatic heterocycles. The molecule has 0 spiro atoms. The molecule has 0 saturated carbocycles. The standard InChI is InChI=1S/C21H28N4O2/c1-27-19(16-8-4-2-5-9-16)21(26)24-14-11-17(12-15-24)20-23-22-18-10-6-3-7-13-25(18)20/h2,4-5,8-9,17,19H,3,6-7,10-15H2,1H3/t19-/m1/s1. The molecule has 27 heavy (non-hydrogen) atoms. The quantitative estimate of drug-likeness (QED) is 0.832. The number of methoxy groups -OCH3 is 1. The first-order chi connectivity index (χ1) is 13.3. The Morgan fingerprint density at radius 1 is 1.07 bits per heavy atom. The van der Waals surface area contributed by atoms with Crippen LogP contribution in [0.15, 0.2) is 30.3 Å². The number of hydrogen-bond acceptors (Lipinski definition) is 4. The number of amides is 1. The summed E-state index contributed by atoms with van der Waals surface area (Å²) >= 11 is 0. The first-order valence-electron chi connectivity index (χ1n) is 10.1. The summed E-state index contributed by atoms with van der Waals surface area (Å²) in [4.78, 5) is 14.9. The Kier molecular flexibility index (Phi) is 5.53. The van der Waals surface area contributed by atoms with Crippen LogP contribution in [0.5, 0.6) is 0 Å². The van der Waals surface area contributed by atoms with Gasteiger partial charge < -0.3 is 14.2 Å². The van der Waals surface area contributed by atoms with Gasteiger partial charge in [-0.1, -0.05) is 36.8 Å². The number of aryl methyl sites for hydroxylation is 1. The first kappa shape index (κ1) is 18.2. The molecule has 6 nitrogen and oxygen atoms in total. The number of rotatable bonds is 4. The van der Waals surface area contributed by atoms with E-state index in [1.54, 1.807) is 7.11 Å². The number of carbonyl (C=O) groups excluding carboxylic acids is 1. The lowest BCUT2D eigenvalue weighted by molar-refractivity contribution is -0.143. The third-order valence-corrected chi connectivity index (χ3v) is 5.87. The van der Waals surface area contributed by atoms with Gasteiger partial charge in [0.15, 0.2) is 6.10 Å². The van der Waals surface area contributed by atoms with E-state index in [9.17, 15) is 4.79 Å². The van der Waals surface area contributed by atoms with Crippen LogP contribution in [0, 0.1) is 0 Å². The van der Waals surface area contributed by atoms with Crippen molar-refractivity contribution in [1.82, 2.24) is 19.7 Å². The molecule has 1 fully saturated rings. The van der Waals surface area contributed by atoms with Crippen molar-refractivity contribution in [2.45, 2.75) is 57.1 Å². The summed E-state index contributed by atoms with van der Waals surface area (Å²) < 4.78 is 7.87. The van der Waals surface area contributed by atoms with Crippen LogP contribution < -0.4 is 0 Å². The number of hydrogen-bond donors (Lipinski definition) is 0. The van der Waals surface area contributed by atoms with Gasteiger partial charge in [0.25, 0.3) is 5.91 Å². The summed E-state index contributed by atoms with van der Waals surface area (Å²) in [5, 5.41) is 8.96. The zero-order valence-electron chi connectivity index (χ0n) is 16.0. The maximum absolute atomic E-state index is 13.0. The van der Waals surface area contributed by atoms with E-state index in [1.165, 1.54) is 19.3 Å². The topological polar surface area (TPSA) is 60.2 Å². The van der Waals surface area contributed by atoms with Crippen LogP contribution in [-0.2, 0) is 22.5 Å².